The number of ether oxygens (including phenoxy) is 2. The fourth-order valence-corrected chi connectivity index (χ4v) is 6.01. The number of rotatable bonds is 8. The van der Waals surface area contributed by atoms with Crippen LogP contribution < -0.4 is 25.4 Å². The second-order valence-corrected chi connectivity index (χ2v) is 13.6. The Kier molecular flexibility index (Phi) is 8.75. The van der Waals surface area contributed by atoms with Crippen LogP contribution in [0.2, 0.25) is 0 Å². The summed E-state index contributed by atoms with van der Waals surface area (Å²) in [7, 11) is 3.96. The third-order valence-electron chi connectivity index (χ3n) is 8.33. The lowest BCUT2D eigenvalue weighted by Gasteiger charge is -2.40. The molecular formula is C35H41F2N7O4. The zero-order valence-electron chi connectivity index (χ0n) is 28.1. The molecule has 2 aliphatic rings. The highest BCUT2D eigenvalue weighted by molar-refractivity contribution is 5.97. The minimum absolute atomic E-state index is 0.225. The molecule has 1 saturated carbocycles. The molecule has 3 heterocycles. The first-order valence-electron chi connectivity index (χ1n) is 16.0. The number of aryl methyl sites for hydroxylation is 1. The number of hydrogen-bond acceptors (Lipinski definition) is 9. The van der Waals surface area contributed by atoms with Gasteiger partial charge in [0.15, 0.2) is 0 Å². The number of pyridine rings is 1. The Morgan fingerprint density at radius 3 is 2.48 bits per heavy atom. The van der Waals surface area contributed by atoms with Crippen molar-refractivity contribution in [2.24, 2.45) is 0 Å². The SMILES string of the molecule is Cc1cccc2c1N(C(=O)OC(C)(C)C)CCN2c1cc2cnc(Nc3ccc(OCCN(C)C)cc3)nc2n(C2CC(F)(F)C2)c1=O. The van der Waals surface area contributed by atoms with Crippen LogP contribution in [-0.4, -0.2) is 77.4 Å². The van der Waals surface area contributed by atoms with Crippen LogP contribution in [0.3, 0.4) is 0 Å². The predicted octanol–water partition coefficient (Wildman–Crippen LogP) is 6.65. The third-order valence-corrected chi connectivity index (χ3v) is 8.33. The van der Waals surface area contributed by atoms with Crippen molar-refractivity contribution in [1.82, 2.24) is 19.4 Å². The van der Waals surface area contributed by atoms with E-state index in [1.807, 2.05) is 94.1 Å². The number of amides is 1. The zero-order chi connectivity index (χ0) is 34.4. The fraction of sp³-hybridized carbons (Fsp3) is 0.429. The quantitative estimate of drug-likeness (QED) is 0.222. The average Bonchev–Trinajstić information content (AvgIpc) is 2.99. The molecule has 1 fully saturated rings. The molecule has 254 valence electrons. The van der Waals surface area contributed by atoms with Crippen LogP contribution in [-0.2, 0) is 4.74 Å². The van der Waals surface area contributed by atoms with Gasteiger partial charge in [-0.3, -0.25) is 14.3 Å². The molecule has 1 aliphatic carbocycles. The van der Waals surface area contributed by atoms with Gasteiger partial charge in [0.2, 0.25) is 5.95 Å². The topological polar surface area (TPSA) is 105 Å². The summed E-state index contributed by atoms with van der Waals surface area (Å²) in [5.41, 5.74) is 2.23. The van der Waals surface area contributed by atoms with Crippen molar-refractivity contribution in [3.8, 4) is 5.75 Å². The maximum Gasteiger partial charge on any atom is 0.414 e. The first kappa shape index (κ1) is 33.1. The molecule has 11 nitrogen and oxygen atoms in total. The van der Waals surface area contributed by atoms with Gasteiger partial charge in [0, 0.05) is 49.7 Å². The van der Waals surface area contributed by atoms with E-state index in [9.17, 15) is 18.4 Å². The second kappa shape index (κ2) is 12.7. The molecule has 0 bridgehead atoms. The van der Waals surface area contributed by atoms with Gasteiger partial charge in [-0.1, -0.05) is 12.1 Å². The molecular weight excluding hydrogens is 620 g/mol. The number of fused-ring (bicyclic) bond motifs is 2. The molecule has 2 aromatic heterocycles. The number of anilines is 5. The number of hydrogen-bond donors (Lipinski definition) is 1. The van der Waals surface area contributed by atoms with Crippen LogP contribution in [0.25, 0.3) is 11.0 Å². The summed E-state index contributed by atoms with van der Waals surface area (Å²) in [6, 6.07) is 13.9. The van der Waals surface area contributed by atoms with E-state index >= 15 is 0 Å². The molecule has 6 rings (SSSR count). The zero-order valence-corrected chi connectivity index (χ0v) is 28.1. The lowest BCUT2D eigenvalue weighted by Crippen LogP contribution is -2.47. The number of para-hydroxylation sites is 1. The highest BCUT2D eigenvalue weighted by atomic mass is 19.3. The maximum absolute atomic E-state index is 14.3. The molecule has 0 atom stereocenters. The normalized spacial score (nSPS) is 16.1. The number of likely N-dealkylation sites (N-methyl/N-ethyl adjacent to an activating group) is 1. The third kappa shape index (κ3) is 6.91. The molecule has 0 spiro atoms. The van der Waals surface area contributed by atoms with Crippen molar-refractivity contribution < 1.29 is 23.0 Å². The van der Waals surface area contributed by atoms with Crippen LogP contribution in [0.1, 0.15) is 45.2 Å². The van der Waals surface area contributed by atoms with Gasteiger partial charge in [0.05, 0.1) is 17.4 Å². The molecule has 0 radical (unpaired) electrons. The van der Waals surface area contributed by atoms with Crippen molar-refractivity contribution in [2.45, 2.75) is 58.1 Å². The number of nitrogens with zero attached hydrogens (tertiary/aromatic N) is 6. The number of alkyl halides is 2. The number of carbonyl (C=O) groups excluding carboxylic acids is 1. The lowest BCUT2D eigenvalue weighted by atomic mass is 9.87. The van der Waals surface area contributed by atoms with E-state index in [0.717, 1.165) is 17.9 Å². The molecule has 1 amide bonds. The van der Waals surface area contributed by atoms with Gasteiger partial charge in [0.25, 0.3) is 11.5 Å². The highest BCUT2D eigenvalue weighted by Gasteiger charge is 2.47. The fourth-order valence-electron chi connectivity index (χ4n) is 6.01. The lowest BCUT2D eigenvalue weighted by molar-refractivity contribution is -0.104. The summed E-state index contributed by atoms with van der Waals surface area (Å²) in [4.78, 5) is 42.2. The van der Waals surface area contributed by atoms with E-state index in [1.165, 1.54) is 4.57 Å². The van der Waals surface area contributed by atoms with E-state index in [-0.39, 0.29) is 24.7 Å². The summed E-state index contributed by atoms with van der Waals surface area (Å²) in [5.74, 6) is -1.92. The van der Waals surface area contributed by atoms with Crippen molar-refractivity contribution in [1.29, 1.82) is 0 Å². The van der Waals surface area contributed by atoms with Crippen LogP contribution in [0.4, 0.5) is 42.3 Å². The van der Waals surface area contributed by atoms with Gasteiger partial charge >= 0.3 is 6.09 Å². The van der Waals surface area contributed by atoms with Gasteiger partial charge < -0.3 is 24.6 Å². The van der Waals surface area contributed by atoms with Crippen LogP contribution in [0.5, 0.6) is 5.75 Å². The Balaban J connectivity index is 1.36. The average molecular weight is 662 g/mol. The Morgan fingerprint density at radius 2 is 1.81 bits per heavy atom. The molecule has 0 saturated heterocycles. The molecule has 2 aromatic carbocycles. The van der Waals surface area contributed by atoms with Gasteiger partial charge in [-0.25, -0.2) is 18.6 Å². The number of carbonyl (C=O) groups is 1. The van der Waals surface area contributed by atoms with Crippen LogP contribution >= 0.6 is 0 Å². The summed E-state index contributed by atoms with van der Waals surface area (Å²) < 4.78 is 41.3. The van der Waals surface area contributed by atoms with Crippen LogP contribution in [0, 0.1) is 6.92 Å². The van der Waals surface area contributed by atoms with E-state index in [0.29, 0.717) is 34.7 Å². The van der Waals surface area contributed by atoms with E-state index in [4.69, 9.17) is 9.47 Å². The smallest absolute Gasteiger partial charge is 0.414 e. The largest absolute Gasteiger partial charge is 0.492 e. The first-order chi connectivity index (χ1) is 22.7. The Labute approximate surface area is 278 Å². The Bertz CT molecular complexity index is 1880. The van der Waals surface area contributed by atoms with Gasteiger partial charge in [0.1, 0.15) is 29.3 Å². The molecule has 13 heteroatoms. The predicted molar refractivity (Wildman–Crippen MR) is 183 cm³/mol. The molecule has 0 unspecified atom stereocenters. The Morgan fingerprint density at radius 1 is 1.08 bits per heavy atom. The Hall–Kier alpha value is -4.78. The second-order valence-electron chi connectivity index (χ2n) is 13.6. The number of aromatic nitrogens is 3. The number of benzene rings is 2. The van der Waals surface area contributed by atoms with E-state index in [2.05, 4.69) is 15.3 Å². The molecule has 4 aromatic rings. The number of halogens is 2. The summed E-state index contributed by atoms with van der Waals surface area (Å²) in [6.07, 6.45) is 0.184. The molecule has 48 heavy (non-hydrogen) atoms. The summed E-state index contributed by atoms with van der Waals surface area (Å²) in [6.45, 7) is 9.20. The summed E-state index contributed by atoms with van der Waals surface area (Å²) in [5, 5.41) is 3.68. The highest BCUT2D eigenvalue weighted by Crippen LogP contribution is 2.46. The van der Waals surface area contributed by atoms with Gasteiger partial charge in [-0.15, -0.1) is 0 Å². The van der Waals surface area contributed by atoms with Gasteiger partial charge in [-0.2, -0.15) is 4.98 Å². The summed E-state index contributed by atoms with van der Waals surface area (Å²) >= 11 is 0. The standard InChI is InChI=1S/C35H41F2N7O4/c1-22-8-7-9-27-29(22)43(33(46)48-34(2,3)4)15-14-42(27)28-18-23-21-38-32(39-24-10-12-26(13-11-24)47-17-16-41(5)6)40-30(23)44(31(28)45)25-19-35(36,37)20-25/h7-13,18,21,25H,14-17,19-20H2,1-6H3,(H,38,39,40). The van der Waals surface area contributed by atoms with E-state index < -0.39 is 42.1 Å². The first-order valence-corrected chi connectivity index (χ1v) is 16.0. The minimum atomic E-state index is -2.86. The van der Waals surface area contributed by atoms with Gasteiger partial charge in [-0.05, 0) is 83.8 Å². The van der Waals surface area contributed by atoms with Crippen molar-refractivity contribution in [3.63, 3.8) is 0 Å². The van der Waals surface area contributed by atoms with E-state index in [1.54, 1.807) is 17.2 Å². The van der Waals surface area contributed by atoms with Crippen LogP contribution in [0.15, 0.2) is 59.5 Å². The van der Waals surface area contributed by atoms with Crippen molar-refractivity contribution in [3.05, 3.63) is 70.6 Å². The molecule has 1 aliphatic heterocycles. The van der Waals surface area contributed by atoms with Crippen molar-refractivity contribution >= 4 is 45.8 Å². The molecule has 1 N–H and O–H groups in total. The monoisotopic (exact) mass is 661 g/mol. The van der Waals surface area contributed by atoms with Crippen molar-refractivity contribution in [2.75, 3.05) is 55.5 Å². The number of nitrogens with one attached hydrogen (secondary N) is 1. The maximum atomic E-state index is 14.3. The minimum Gasteiger partial charge on any atom is -0.492 e.